The van der Waals surface area contributed by atoms with Crippen molar-refractivity contribution in [1.29, 1.82) is 0 Å². The summed E-state index contributed by atoms with van der Waals surface area (Å²) >= 11 is 2.69. The maximum absolute atomic E-state index is 13.2. The van der Waals surface area contributed by atoms with E-state index < -0.39 is 23.5 Å². The smallest absolute Gasteiger partial charge is 0.296 e. The van der Waals surface area contributed by atoms with Gasteiger partial charge in [-0.05, 0) is 36.8 Å². The fourth-order valence-corrected chi connectivity index (χ4v) is 5.34. The van der Waals surface area contributed by atoms with E-state index in [2.05, 4.69) is 10.2 Å². The quantitative estimate of drug-likeness (QED) is 0.221. The number of thioether (sulfide) groups is 1. The number of benzene rings is 1. The van der Waals surface area contributed by atoms with Crippen LogP contribution in [0.2, 0.25) is 0 Å². The molecule has 0 spiro atoms. The Morgan fingerprint density at radius 1 is 1.15 bits per heavy atom. The van der Waals surface area contributed by atoms with Crippen LogP contribution in [-0.2, 0) is 10.5 Å². The van der Waals surface area contributed by atoms with E-state index in [9.17, 15) is 14.7 Å². The van der Waals surface area contributed by atoms with E-state index in [1.807, 2.05) is 30.3 Å². The first kappa shape index (κ1) is 21.2. The van der Waals surface area contributed by atoms with Crippen molar-refractivity contribution in [1.82, 2.24) is 10.2 Å². The van der Waals surface area contributed by atoms with Crippen molar-refractivity contribution in [3.8, 4) is 0 Å². The zero-order chi connectivity index (χ0) is 22.9. The molecule has 1 amide bonds. The van der Waals surface area contributed by atoms with Crippen LogP contribution in [-0.4, -0.2) is 27.0 Å². The van der Waals surface area contributed by atoms with E-state index in [0.717, 1.165) is 5.56 Å². The van der Waals surface area contributed by atoms with E-state index in [4.69, 9.17) is 8.83 Å². The van der Waals surface area contributed by atoms with Crippen LogP contribution in [0.4, 0.5) is 5.13 Å². The lowest BCUT2D eigenvalue weighted by Gasteiger charge is -2.21. The molecule has 0 radical (unpaired) electrons. The van der Waals surface area contributed by atoms with Crippen LogP contribution in [0, 0.1) is 6.92 Å². The molecule has 33 heavy (non-hydrogen) atoms. The number of hydrogen-bond acceptors (Lipinski definition) is 9. The lowest BCUT2D eigenvalue weighted by atomic mass is 10.00. The number of anilines is 1. The minimum atomic E-state index is -0.995. The Balaban J connectivity index is 1.47. The molecule has 1 atom stereocenters. The summed E-state index contributed by atoms with van der Waals surface area (Å²) in [5, 5.41) is 19.3. The molecule has 0 unspecified atom stereocenters. The lowest BCUT2D eigenvalue weighted by Crippen LogP contribution is -2.30. The average Bonchev–Trinajstić information content (AvgIpc) is 3.61. The molecule has 3 aromatic heterocycles. The Morgan fingerprint density at radius 2 is 1.97 bits per heavy atom. The molecular weight excluding hydrogens is 462 g/mol. The first-order chi connectivity index (χ1) is 16.0. The third kappa shape index (κ3) is 3.98. The number of carbonyl (C=O) groups is 2. The number of rotatable bonds is 7. The number of carbonyl (C=O) groups excluding carboxylic acids is 2. The summed E-state index contributed by atoms with van der Waals surface area (Å²) in [7, 11) is 0. The molecule has 10 heteroatoms. The summed E-state index contributed by atoms with van der Waals surface area (Å²) in [6, 6.07) is 15.3. The van der Waals surface area contributed by atoms with Crippen LogP contribution in [0.15, 0.2) is 85.4 Å². The van der Waals surface area contributed by atoms with Gasteiger partial charge in [0.05, 0.1) is 11.8 Å². The van der Waals surface area contributed by atoms with Gasteiger partial charge in [-0.2, -0.15) is 0 Å². The van der Waals surface area contributed by atoms with Crippen LogP contribution in [0.3, 0.4) is 0 Å². The SMILES string of the molecule is Cc1ccc(C(=O)C2=C(O)C(=O)N(c3nnc(SCc4ccccc4)s3)[C@H]2c2ccco2)o1. The van der Waals surface area contributed by atoms with Gasteiger partial charge in [-0.1, -0.05) is 53.4 Å². The van der Waals surface area contributed by atoms with E-state index in [1.54, 1.807) is 25.1 Å². The van der Waals surface area contributed by atoms with Gasteiger partial charge in [0, 0.05) is 5.75 Å². The molecule has 0 saturated heterocycles. The minimum absolute atomic E-state index is 0.0247. The van der Waals surface area contributed by atoms with Crippen LogP contribution < -0.4 is 4.90 Å². The Labute approximate surface area is 196 Å². The first-order valence-electron chi connectivity index (χ1n) is 9.94. The number of aliphatic hydroxyl groups excluding tert-OH is 1. The molecule has 8 nitrogen and oxygen atoms in total. The monoisotopic (exact) mass is 479 g/mol. The highest BCUT2D eigenvalue weighted by Crippen LogP contribution is 2.44. The number of nitrogens with zero attached hydrogens (tertiary/aromatic N) is 3. The molecule has 4 aromatic rings. The van der Waals surface area contributed by atoms with Gasteiger partial charge < -0.3 is 13.9 Å². The number of aryl methyl sites for hydroxylation is 1. The highest BCUT2D eigenvalue weighted by Gasteiger charge is 2.48. The minimum Gasteiger partial charge on any atom is -0.503 e. The summed E-state index contributed by atoms with van der Waals surface area (Å²) in [5.41, 5.74) is 1.00. The Kier molecular flexibility index (Phi) is 5.61. The van der Waals surface area contributed by atoms with Gasteiger partial charge in [-0.15, -0.1) is 10.2 Å². The second-order valence-corrected chi connectivity index (χ2v) is 9.40. The van der Waals surface area contributed by atoms with Gasteiger partial charge >= 0.3 is 0 Å². The molecule has 0 fully saturated rings. The third-order valence-electron chi connectivity index (χ3n) is 5.04. The van der Waals surface area contributed by atoms with E-state index in [0.29, 0.717) is 21.6 Å². The Hall–Kier alpha value is -3.63. The van der Waals surface area contributed by atoms with Crippen molar-refractivity contribution in [2.45, 2.75) is 23.1 Å². The van der Waals surface area contributed by atoms with Crippen molar-refractivity contribution in [3.05, 3.63) is 95.0 Å². The number of hydrogen-bond donors (Lipinski definition) is 1. The van der Waals surface area contributed by atoms with Crippen molar-refractivity contribution in [2.24, 2.45) is 0 Å². The maximum atomic E-state index is 13.2. The summed E-state index contributed by atoms with van der Waals surface area (Å²) in [6.45, 7) is 1.71. The molecule has 1 aliphatic heterocycles. The third-order valence-corrected chi connectivity index (χ3v) is 7.16. The number of Topliss-reactive ketones (excluding diaryl/α,β-unsaturated/α-hetero) is 1. The summed E-state index contributed by atoms with van der Waals surface area (Å²) in [5.74, 6) is -0.442. The van der Waals surface area contributed by atoms with E-state index in [1.165, 1.54) is 40.3 Å². The second-order valence-electron chi connectivity index (χ2n) is 7.22. The molecule has 1 aromatic carbocycles. The Bertz CT molecular complexity index is 1340. The fourth-order valence-electron chi connectivity index (χ4n) is 3.52. The van der Waals surface area contributed by atoms with E-state index >= 15 is 0 Å². The van der Waals surface area contributed by atoms with Gasteiger partial charge in [0.2, 0.25) is 10.9 Å². The molecule has 0 bridgehead atoms. The predicted octanol–water partition coefficient (Wildman–Crippen LogP) is 5.11. The molecule has 5 rings (SSSR count). The molecule has 0 aliphatic carbocycles. The summed E-state index contributed by atoms with van der Waals surface area (Å²) < 4.78 is 11.6. The van der Waals surface area contributed by atoms with Gasteiger partial charge in [-0.3, -0.25) is 14.5 Å². The molecular formula is C23H17N3O5S2. The summed E-state index contributed by atoms with van der Waals surface area (Å²) in [6.07, 6.45) is 1.44. The number of aliphatic hydroxyl groups is 1. The average molecular weight is 480 g/mol. The fraction of sp³-hybridized carbons (Fsp3) is 0.130. The highest BCUT2D eigenvalue weighted by atomic mass is 32.2. The van der Waals surface area contributed by atoms with Crippen LogP contribution in [0.1, 0.15) is 33.7 Å². The normalized spacial score (nSPS) is 16.1. The number of ketones is 1. The number of aromatic nitrogens is 2. The highest BCUT2D eigenvalue weighted by molar-refractivity contribution is 8.00. The van der Waals surface area contributed by atoms with Crippen LogP contribution in [0.25, 0.3) is 0 Å². The molecule has 1 aliphatic rings. The number of amides is 1. The Morgan fingerprint density at radius 3 is 2.67 bits per heavy atom. The van der Waals surface area contributed by atoms with Crippen molar-refractivity contribution in [3.63, 3.8) is 0 Å². The zero-order valence-corrected chi connectivity index (χ0v) is 18.9. The van der Waals surface area contributed by atoms with Crippen molar-refractivity contribution in [2.75, 3.05) is 4.90 Å². The van der Waals surface area contributed by atoms with Gasteiger partial charge in [0.1, 0.15) is 17.6 Å². The maximum Gasteiger partial charge on any atom is 0.296 e. The lowest BCUT2D eigenvalue weighted by molar-refractivity contribution is -0.117. The van der Waals surface area contributed by atoms with Gasteiger partial charge in [0.25, 0.3) is 5.91 Å². The molecule has 166 valence electrons. The van der Waals surface area contributed by atoms with Crippen molar-refractivity contribution >= 4 is 39.9 Å². The summed E-state index contributed by atoms with van der Waals surface area (Å²) in [4.78, 5) is 27.5. The molecule has 1 N–H and O–H groups in total. The topological polar surface area (TPSA) is 110 Å². The number of furan rings is 2. The van der Waals surface area contributed by atoms with Crippen LogP contribution in [0.5, 0.6) is 0 Å². The second kappa shape index (κ2) is 8.72. The zero-order valence-electron chi connectivity index (χ0n) is 17.3. The van der Waals surface area contributed by atoms with E-state index in [-0.39, 0.29) is 16.5 Å². The van der Waals surface area contributed by atoms with Crippen LogP contribution >= 0.6 is 23.1 Å². The van der Waals surface area contributed by atoms with Crippen molar-refractivity contribution < 1.29 is 23.5 Å². The predicted molar refractivity (Wildman–Crippen MR) is 122 cm³/mol. The van der Waals surface area contributed by atoms with Gasteiger partial charge in [-0.25, -0.2) is 0 Å². The largest absolute Gasteiger partial charge is 0.503 e. The first-order valence-corrected chi connectivity index (χ1v) is 11.7. The molecule has 0 saturated carbocycles. The standard InChI is InChI=1S/C23H17N3O5S2/c1-13-9-10-16(31-13)19(27)17-18(15-8-5-11-30-15)26(21(29)20(17)28)22-24-25-23(33-22)32-12-14-6-3-2-4-7-14/h2-11,18,28H,12H2,1H3/t18-/m0/s1. The molecule has 4 heterocycles. The van der Waals surface area contributed by atoms with Gasteiger partial charge in [0.15, 0.2) is 15.9 Å².